The Labute approximate surface area is 90.4 Å². The van der Waals surface area contributed by atoms with Crippen molar-refractivity contribution < 1.29 is 4.74 Å². The van der Waals surface area contributed by atoms with E-state index in [0.717, 1.165) is 5.75 Å². The van der Waals surface area contributed by atoms with Crippen molar-refractivity contribution in [3.63, 3.8) is 0 Å². The summed E-state index contributed by atoms with van der Waals surface area (Å²) >= 11 is 0. The van der Waals surface area contributed by atoms with Crippen LogP contribution in [0, 0.1) is 0 Å². The van der Waals surface area contributed by atoms with E-state index in [-0.39, 0.29) is 0 Å². The highest BCUT2D eigenvalue weighted by atomic mass is 16.5. The SMILES string of the molecule is COc1ccc(C2C=CC=CC=C2)cc1. The topological polar surface area (TPSA) is 9.23 Å². The van der Waals surface area contributed by atoms with Gasteiger partial charge in [-0.2, -0.15) is 0 Å². The van der Waals surface area contributed by atoms with Crippen molar-refractivity contribution in [1.82, 2.24) is 0 Å². The lowest BCUT2D eigenvalue weighted by molar-refractivity contribution is 0.414. The average molecular weight is 198 g/mol. The summed E-state index contributed by atoms with van der Waals surface area (Å²) in [5, 5.41) is 0. The molecule has 15 heavy (non-hydrogen) atoms. The average Bonchev–Trinajstić information content (AvgIpc) is 2.58. The molecule has 0 unspecified atom stereocenters. The molecule has 0 spiro atoms. The Bertz CT molecular complexity index is 380. The summed E-state index contributed by atoms with van der Waals surface area (Å²) in [5.41, 5.74) is 1.28. The Kier molecular flexibility index (Phi) is 3.03. The van der Waals surface area contributed by atoms with E-state index in [1.807, 2.05) is 24.3 Å². The monoisotopic (exact) mass is 198 g/mol. The van der Waals surface area contributed by atoms with Gasteiger partial charge in [-0.25, -0.2) is 0 Å². The summed E-state index contributed by atoms with van der Waals surface area (Å²) < 4.78 is 5.13. The highest BCUT2D eigenvalue weighted by molar-refractivity contribution is 5.36. The van der Waals surface area contributed by atoms with Crippen LogP contribution in [-0.2, 0) is 0 Å². The maximum Gasteiger partial charge on any atom is 0.118 e. The van der Waals surface area contributed by atoms with Gasteiger partial charge in [0.15, 0.2) is 0 Å². The lowest BCUT2D eigenvalue weighted by Crippen LogP contribution is -1.91. The van der Waals surface area contributed by atoms with Crippen LogP contribution in [0.2, 0.25) is 0 Å². The van der Waals surface area contributed by atoms with Crippen molar-refractivity contribution in [2.24, 2.45) is 0 Å². The molecule has 1 aromatic carbocycles. The first-order valence-corrected chi connectivity index (χ1v) is 5.06. The molecular weight excluding hydrogens is 184 g/mol. The third-order valence-electron chi connectivity index (χ3n) is 2.47. The number of methoxy groups -OCH3 is 1. The van der Waals surface area contributed by atoms with Crippen LogP contribution in [0.25, 0.3) is 0 Å². The van der Waals surface area contributed by atoms with Crippen LogP contribution in [0.15, 0.2) is 60.7 Å². The minimum absolute atomic E-state index is 0.367. The van der Waals surface area contributed by atoms with Gasteiger partial charge in [0.25, 0.3) is 0 Å². The summed E-state index contributed by atoms with van der Waals surface area (Å²) in [5.74, 6) is 1.27. The molecule has 0 radical (unpaired) electrons. The molecule has 1 aromatic rings. The molecule has 0 saturated carbocycles. The van der Waals surface area contributed by atoms with E-state index in [1.165, 1.54) is 5.56 Å². The molecule has 1 nitrogen and oxygen atoms in total. The van der Waals surface area contributed by atoms with E-state index in [0.29, 0.717) is 5.92 Å². The summed E-state index contributed by atoms with van der Waals surface area (Å²) in [7, 11) is 1.68. The smallest absolute Gasteiger partial charge is 0.118 e. The second-order valence-corrected chi connectivity index (χ2v) is 3.45. The zero-order valence-corrected chi connectivity index (χ0v) is 8.76. The third kappa shape index (κ3) is 2.38. The zero-order chi connectivity index (χ0) is 10.5. The number of hydrogen-bond donors (Lipinski definition) is 0. The fourth-order valence-corrected chi connectivity index (χ4v) is 1.61. The van der Waals surface area contributed by atoms with Crippen molar-refractivity contribution in [3.05, 3.63) is 66.3 Å². The summed E-state index contributed by atoms with van der Waals surface area (Å²) in [6, 6.07) is 8.19. The number of ether oxygens (including phenoxy) is 1. The van der Waals surface area contributed by atoms with Crippen molar-refractivity contribution in [2.45, 2.75) is 5.92 Å². The molecule has 76 valence electrons. The first-order chi connectivity index (χ1) is 7.40. The first kappa shape index (κ1) is 9.78. The van der Waals surface area contributed by atoms with Crippen LogP contribution < -0.4 is 4.74 Å². The Morgan fingerprint density at radius 3 is 2.00 bits per heavy atom. The normalized spacial score (nSPS) is 15.3. The minimum atomic E-state index is 0.367. The van der Waals surface area contributed by atoms with Gasteiger partial charge in [0.1, 0.15) is 5.75 Å². The summed E-state index contributed by atoms with van der Waals surface area (Å²) in [6.07, 6.45) is 12.6. The van der Waals surface area contributed by atoms with Crippen LogP contribution in [-0.4, -0.2) is 7.11 Å². The fraction of sp³-hybridized carbons (Fsp3) is 0.143. The van der Waals surface area contributed by atoms with Crippen LogP contribution in [0.4, 0.5) is 0 Å². The standard InChI is InChI=1S/C14H14O/c1-15-14-10-8-13(9-11-14)12-6-4-2-3-5-7-12/h2-12H,1H3. The van der Waals surface area contributed by atoms with E-state index in [1.54, 1.807) is 7.11 Å². The van der Waals surface area contributed by atoms with Crippen molar-refractivity contribution in [3.8, 4) is 5.75 Å². The Hall–Kier alpha value is -1.76. The largest absolute Gasteiger partial charge is 0.497 e. The first-order valence-electron chi connectivity index (χ1n) is 5.06. The molecule has 0 N–H and O–H groups in total. The van der Waals surface area contributed by atoms with Crippen molar-refractivity contribution in [2.75, 3.05) is 7.11 Å². The van der Waals surface area contributed by atoms with Crippen molar-refractivity contribution >= 4 is 0 Å². The predicted molar refractivity (Wildman–Crippen MR) is 63.2 cm³/mol. The summed E-state index contributed by atoms with van der Waals surface area (Å²) in [4.78, 5) is 0. The molecular formula is C14H14O. The molecule has 0 bridgehead atoms. The van der Waals surface area contributed by atoms with Crippen LogP contribution >= 0.6 is 0 Å². The van der Waals surface area contributed by atoms with E-state index in [2.05, 4.69) is 36.4 Å². The van der Waals surface area contributed by atoms with Gasteiger partial charge >= 0.3 is 0 Å². The quantitative estimate of drug-likeness (QED) is 0.707. The van der Waals surface area contributed by atoms with E-state index in [4.69, 9.17) is 4.74 Å². The molecule has 0 aromatic heterocycles. The van der Waals surface area contributed by atoms with Gasteiger partial charge < -0.3 is 4.74 Å². The predicted octanol–water partition coefficient (Wildman–Crippen LogP) is 3.46. The molecule has 0 saturated heterocycles. The second-order valence-electron chi connectivity index (χ2n) is 3.45. The number of benzene rings is 1. The lowest BCUT2D eigenvalue weighted by atomic mass is 9.98. The second kappa shape index (κ2) is 4.65. The highest BCUT2D eigenvalue weighted by Crippen LogP contribution is 2.22. The molecule has 0 aliphatic heterocycles. The molecule has 0 atom stereocenters. The van der Waals surface area contributed by atoms with Crippen LogP contribution in [0.3, 0.4) is 0 Å². The third-order valence-corrected chi connectivity index (χ3v) is 2.47. The van der Waals surface area contributed by atoms with Crippen LogP contribution in [0.5, 0.6) is 5.75 Å². The Balaban J connectivity index is 2.22. The summed E-state index contributed by atoms with van der Waals surface area (Å²) in [6.45, 7) is 0. The molecule has 1 aliphatic rings. The van der Waals surface area contributed by atoms with Crippen LogP contribution in [0.1, 0.15) is 11.5 Å². The van der Waals surface area contributed by atoms with Gasteiger partial charge in [0.05, 0.1) is 7.11 Å². The Morgan fingerprint density at radius 2 is 1.47 bits per heavy atom. The van der Waals surface area contributed by atoms with E-state index >= 15 is 0 Å². The van der Waals surface area contributed by atoms with Gasteiger partial charge in [0.2, 0.25) is 0 Å². The fourth-order valence-electron chi connectivity index (χ4n) is 1.61. The molecule has 1 heteroatoms. The molecule has 1 aliphatic carbocycles. The highest BCUT2D eigenvalue weighted by Gasteiger charge is 2.04. The van der Waals surface area contributed by atoms with Gasteiger partial charge in [-0.1, -0.05) is 48.6 Å². The van der Waals surface area contributed by atoms with Gasteiger partial charge in [-0.3, -0.25) is 0 Å². The number of rotatable bonds is 2. The van der Waals surface area contributed by atoms with E-state index in [9.17, 15) is 0 Å². The maximum atomic E-state index is 5.13. The van der Waals surface area contributed by atoms with Gasteiger partial charge in [-0.15, -0.1) is 0 Å². The molecule has 0 heterocycles. The minimum Gasteiger partial charge on any atom is -0.497 e. The van der Waals surface area contributed by atoms with Crippen molar-refractivity contribution in [1.29, 1.82) is 0 Å². The van der Waals surface area contributed by atoms with E-state index < -0.39 is 0 Å². The Morgan fingerprint density at radius 1 is 0.867 bits per heavy atom. The zero-order valence-electron chi connectivity index (χ0n) is 8.76. The van der Waals surface area contributed by atoms with Gasteiger partial charge in [-0.05, 0) is 17.7 Å². The maximum absolute atomic E-state index is 5.13. The molecule has 0 amide bonds. The lowest BCUT2D eigenvalue weighted by Gasteiger charge is -2.08. The molecule has 2 rings (SSSR count). The number of hydrogen-bond acceptors (Lipinski definition) is 1. The van der Waals surface area contributed by atoms with Gasteiger partial charge in [0, 0.05) is 5.92 Å². The number of allylic oxidation sites excluding steroid dienone is 6. The molecule has 0 fully saturated rings.